The molecule has 2 rings (SSSR count). The van der Waals surface area contributed by atoms with Crippen LogP contribution in [-0.2, 0) is 29.3 Å². The van der Waals surface area contributed by atoms with Crippen molar-refractivity contribution in [3.63, 3.8) is 0 Å². The van der Waals surface area contributed by atoms with Gasteiger partial charge in [0.05, 0.1) is 0 Å². The standard InChI is InChI=1S/C11H6Cl2F12N2O2.C7H6.Ru/c12-4-5(13)27(2-7(29,10(20,21)22)11(23,24)25)3-26(4)1-6(28,8(14,15)16)9(17,18)19;1-7-5-3-2-4-6-7;/h28-29H,1-2H2;1-6H;. The summed E-state index contributed by atoms with van der Waals surface area (Å²) >= 11 is 9.39. The van der Waals surface area contributed by atoms with Gasteiger partial charge in [0, 0.05) is 0 Å². The van der Waals surface area contributed by atoms with Crippen LogP contribution >= 0.6 is 23.2 Å². The van der Waals surface area contributed by atoms with Crippen molar-refractivity contribution in [1.82, 2.24) is 9.13 Å². The fourth-order valence-corrected chi connectivity index (χ4v) is 5.42. The molecule has 19 heteroatoms. The van der Waals surface area contributed by atoms with Crippen LogP contribution in [0.2, 0.25) is 10.3 Å². The first kappa shape index (κ1) is 31.8. The molecule has 0 radical (unpaired) electrons. The Balaban J connectivity index is 2.98. The summed E-state index contributed by atoms with van der Waals surface area (Å²) in [4.78, 5) is 0. The second-order valence-corrected chi connectivity index (χ2v) is 9.84. The molecule has 4 nitrogen and oxygen atoms in total. The topological polar surface area (TPSA) is 50.3 Å². The predicted molar refractivity (Wildman–Crippen MR) is 101 cm³/mol. The van der Waals surface area contributed by atoms with Gasteiger partial charge in [-0.05, 0) is 0 Å². The molecule has 0 atom stereocenters. The Bertz CT molecular complexity index is 1130. The summed E-state index contributed by atoms with van der Waals surface area (Å²) in [5.41, 5.74) is -10.8. The molecule has 1 aromatic heterocycles. The number of benzene rings is 1. The third kappa shape index (κ3) is 6.10. The van der Waals surface area contributed by atoms with Crippen LogP contribution in [0.25, 0.3) is 0 Å². The molecule has 0 aliphatic rings. The van der Waals surface area contributed by atoms with Crippen LogP contribution < -0.4 is 0 Å². The molecule has 0 bridgehead atoms. The normalized spacial score (nSPS) is 14.3. The first-order valence-corrected chi connectivity index (χ1v) is 11.8. The number of hydrogen-bond donors (Lipinski definition) is 2. The van der Waals surface area contributed by atoms with Crippen molar-refractivity contribution in [2.75, 3.05) is 0 Å². The van der Waals surface area contributed by atoms with E-state index in [0.717, 1.165) is 4.61 Å². The van der Waals surface area contributed by atoms with Crippen LogP contribution in [0.4, 0.5) is 52.7 Å². The molecule has 0 unspecified atom stereocenters. The second kappa shape index (κ2) is 10.3. The second-order valence-electron chi connectivity index (χ2n) is 7.34. The van der Waals surface area contributed by atoms with Gasteiger partial charge >= 0.3 is 215 Å². The molecule has 0 saturated carbocycles. The van der Waals surface area contributed by atoms with E-state index in [1.54, 1.807) is 0 Å². The van der Waals surface area contributed by atoms with Gasteiger partial charge in [0.25, 0.3) is 0 Å². The van der Waals surface area contributed by atoms with Crippen LogP contribution in [0.15, 0.2) is 30.3 Å². The molecule has 212 valence electrons. The van der Waals surface area contributed by atoms with Crippen LogP contribution in [0, 0.1) is 4.01 Å². The minimum atomic E-state index is -6.41. The molecule has 0 amide bonds. The Morgan fingerprint density at radius 3 is 1.27 bits per heavy atom. The Labute approximate surface area is 215 Å². The van der Waals surface area contributed by atoms with Crippen molar-refractivity contribution < 1.29 is 79.1 Å². The molecule has 1 aromatic carbocycles. The van der Waals surface area contributed by atoms with Crippen molar-refractivity contribution in [1.29, 1.82) is 0 Å². The van der Waals surface area contributed by atoms with Gasteiger partial charge in [0.1, 0.15) is 0 Å². The van der Waals surface area contributed by atoms with E-state index in [1.165, 1.54) is 30.3 Å². The van der Waals surface area contributed by atoms with E-state index < -0.39 is 79.5 Å². The molecular weight excluding hydrogens is 676 g/mol. The van der Waals surface area contributed by atoms with Crippen LogP contribution in [0.1, 0.15) is 5.56 Å². The van der Waals surface area contributed by atoms with Gasteiger partial charge in [-0.25, -0.2) is 0 Å². The van der Waals surface area contributed by atoms with Gasteiger partial charge in [-0.15, -0.1) is 0 Å². The van der Waals surface area contributed by atoms with Crippen LogP contribution in [-0.4, -0.2) is 59.9 Å². The van der Waals surface area contributed by atoms with E-state index in [4.69, 9.17) is 23.2 Å². The van der Waals surface area contributed by atoms with Crippen molar-refractivity contribution in [3.8, 4) is 0 Å². The van der Waals surface area contributed by atoms with E-state index in [-0.39, 0.29) is 14.7 Å². The SMILES string of the molecule is OC(Cn1c(Cl)c(Cl)n(CC(O)(C(F)(F)F)C(F)(F)F)[c]1=[Ru]=[CH]c1ccccc1)(C(F)(F)F)C(F)(F)F. The fourth-order valence-electron chi connectivity index (χ4n) is 2.66. The van der Waals surface area contributed by atoms with Crippen molar-refractivity contribution in [2.24, 2.45) is 0 Å². The summed E-state index contributed by atoms with van der Waals surface area (Å²) in [6, 6.07) is 7.08. The number of aliphatic hydroxyl groups is 2. The minimum absolute atomic E-state index is 0.185. The Morgan fingerprint density at radius 2 is 0.973 bits per heavy atom. The number of imidazole rings is 1. The van der Waals surface area contributed by atoms with Crippen molar-refractivity contribution in [2.45, 2.75) is 49.0 Å². The summed E-state index contributed by atoms with van der Waals surface area (Å²) in [6.07, 6.45) is -25.6. The third-order valence-electron chi connectivity index (χ3n) is 4.79. The first-order valence-electron chi connectivity index (χ1n) is 9.16. The number of rotatable bonds is 5. The summed E-state index contributed by atoms with van der Waals surface area (Å²) in [6.45, 7) is -5.04. The molecule has 0 saturated heterocycles. The van der Waals surface area contributed by atoms with Gasteiger partial charge in [0.2, 0.25) is 0 Å². The number of halogens is 14. The average molecular weight is 688 g/mol. The molecular formula is C18H12Cl2F12N2O2Ru. The number of nitrogens with zero attached hydrogens (tertiary/aromatic N) is 2. The van der Waals surface area contributed by atoms with Gasteiger partial charge in [-0.1, -0.05) is 0 Å². The molecule has 37 heavy (non-hydrogen) atoms. The van der Waals surface area contributed by atoms with E-state index in [9.17, 15) is 62.9 Å². The van der Waals surface area contributed by atoms with E-state index in [2.05, 4.69) is 0 Å². The fraction of sp³-hybridized carbons (Fsp3) is 0.444. The maximum absolute atomic E-state index is 13.3. The molecule has 2 N–H and O–H groups in total. The Hall–Kier alpha value is -1.42. The van der Waals surface area contributed by atoms with E-state index in [0.29, 0.717) is 0 Å². The van der Waals surface area contributed by atoms with E-state index >= 15 is 0 Å². The zero-order valence-electron chi connectivity index (χ0n) is 17.3. The number of aromatic nitrogens is 2. The Kier molecular flexibility index (Phi) is 8.84. The van der Waals surface area contributed by atoms with Gasteiger partial charge in [-0.3, -0.25) is 0 Å². The monoisotopic (exact) mass is 688 g/mol. The molecule has 2 aromatic rings. The molecule has 0 spiro atoms. The summed E-state index contributed by atoms with van der Waals surface area (Å²) < 4.78 is 159. The van der Waals surface area contributed by atoms with Gasteiger partial charge in [0.15, 0.2) is 0 Å². The molecule has 1 heterocycles. The first-order chi connectivity index (χ1) is 16.5. The van der Waals surface area contributed by atoms with Crippen LogP contribution in [0.3, 0.4) is 0 Å². The summed E-state index contributed by atoms with van der Waals surface area (Å²) in [5, 5.41) is 16.5. The van der Waals surface area contributed by atoms with Crippen molar-refractivity contribution >= 4 is 27.8 Å². The van der Waals surface area contributed by atoms with Crippen molar-refractivity contribution in [3.05, 3.63) is 50.2 Å². The maximum atomic E-state index is 13.3. The van der Waals surface area contributed by atoms with Gasteiger partial charge < -0.3 is 0 Å². The zero-order chi connectivity index (χ0) is 28.8. The third-order valence-corrected chi connectivity index (χ3v) is 7.87. The van der Waals surface area contributed by atoms with E-state index in [1.807, 2.05) is 0 Å². The number of hydrogen-bond acceptors (Lipinski definition) is 2. The van der Waals surface area contributed by atoms with Crippen LogP contribution in [0.5, 0.6) is 0 Å². The predicted octanol–water partition coefficient (Wildman–Crippen LogP) is 5.77. The summed E-state index contributed by atoms with van der Waals surface area (Å²) in [7, 11) is 0. The van der Waals surface area contributed by atoms with Gasteiger partial charge in [-0.2, -0.15) is 0 Å². The Morgan fingerprint density at radius 1 is 0.649 bits per heavy atom. The quantitative estimate of drug-likeness (QED) is 0.310. The summed E-state index contributed by atoms with van der Waals surface area (Å²) in [5.74, 6) is 0. The average Bonchev–Trinajstić information content (AvgIpc) is 2.93. The number of alkyl halides is 12. The molecule has 0 aliphatic carbocycles. The molecule has 0 fully saturated rings. The zero-order valence-corrected chi connectivity index (χ0v) is 20.6. The molecule has 0 aliphatic heterocycles.